The van der Waals surface area contributed by atoms with E-state index in [1.54, 1.807) is 0 Å². The third-order valence-corrected chi connectivity index (χ3v) is 5.75. The fourth-order valence-electron chi connectivity index (χ4n) is 2.96. The molecule has 0 amide bonds. The van der Waals surface area contributed by atoms with Crippen LogP contribution < -0.4 is 0 Å². The fraction of sp³-hybridized carbons (Fsp3) is 0.900. The van der Waals surface area contributed by atoms with Gasteiger partial charge in [-0.3, -0.25) is 18.7 Å². The zero-order chi connectivity index (χ0) is 25.2. The van der Waals surface area contributed by atoms with Crippen molar-refractivity contribution >= 4 is 32.2 Å². The SMILES string of the molecule is CCCCCCCCCCCCCCOC(COC(=O)CS(=O)(=O)O)OC(=O)CS(=O)(=O)O. The van der Waals surface area contributed by atoms with Crippen molar-refractivity contribution in [3.8, 4) is 0 Å². The van der Waals surface area contributed by atoms with E-state index in [1.807, 2.05) is 0 Å². The lowest BCUT2D eigenvalue weighted by molar-refractivity contribution is -0.191. The standard InChI is InChI=1S/C20H38O11S2/c1-2-3-4-5-6-7-8-9-10-11-12-13-14-29-20(31-19(22)17-33(26,27)28)15-30-18(21)16-32(23,24)25/h20H,2-17H2,1H3,(H,23,24,25)(H,26,27,28). The van der Waals surface area contributed by atoms with Crippen molar-refractivity contribution in [2.45, 2.75) is 90.3 Å². The van der Waals surface area contributed by atoms with Crippen molar-refractivity contribution in [2.75, 3.05) is 24.7 Å². The molecule has 0 aromatic carbocycles. The predicted octanol–water partition coefficient (Wildman–Crippen LogP) is 2.89. The second-order valence-electron chi connectivity index (χ2n) is 7.81. The number of hydrogen-bond donors (Lipinski definition) is 2. The molecular formula is C20H38O11S2. The molecular weight excluding hydrogens is 480 g/mol. The molecule has 0 saturated heterocycles. The van der Waals surface area contributed by atoms with Crippen LogP contribution in [0.4, 0.5) is 0 Å². The zero-order valence-corrected chi connectivity index (χ0v) is 20.9. The highest BCUT2D eigenvalue weighted by molar-refractivity contribution is 7.86. The maximum Gasteiger partial charge on any atom is 0.326 e. The van der Waals surface area contributed by atoms with Gasteiger partial charge in [-0.05, 0) is 6.42 Å². The Hall–Kier alpha value is -1.28. The number of rotatable bonds is 21. The Morgan fingerprint density at radius 2 is 1.12 bits per heavy atom. The van der Waals surface area contributed by atoms with Gasteiger partial charge in [0.1, 0.15) is 0 Å². The van der Waals surface area contributed by atoms with Gasteiger partial charge in [0.15, 0.2) is 18.1 Å². The second kappa shape index (κ2) is 18.1. The van der Waals surface area contributed by atoms with Gasteiger partial charge < -0.3 is 14.2 Å². The van der Waals surface area contributed by atoms with Crippen molar-refractivity contribution in [3.63, 3.8) is 0 Å². The quantitative estimate of drug-likeness (QED) is 0.0990. The minimum absolute atomic E-state index is 0.122. The second-order valence-corrected chi connectivity index (χ2v) is 10.7. The molecule has 0 aromatic heterocycles. The lowest BCUT2D eigenvalue weighted by atomic mass is 10.1. The topological polar surface area (TPSA) is 171 Å². The van der Waals surface area contributed by atoms with Gasteiger partial charge in [-0.25, -0.2) is 0 Å². The Kier molecular flexibility index (Phi) is 17.4. The fourth-order valence-corrected chi connectivity index (χ4v) is 3.70. The van der Waals surface area contributed by atoms with Crippen LogP contribution in [0.5, 0.6) is 0 Å². The first kappa shape index (κ1) is 31.7. The normalized spacial score (nSPS) is 12.9. The average Bonchev–Trinajstić information content (AvgIpc) is 2.66. The minimum Gasteiger partial charge on any atom is -0.458 e. The zero-order valence-electron chi connectivity index (χ0n) is 19.3. The van der Waals surface area contributed by atoms with Crippen LogP contribution in [0.3, 0.4) is 0 Å². The van der Waals surface area contributed by atoms with Gasteiger partial charge in [0.2, 0.25) is 6.29 Å². The Morgan fingerprint density at radius 3 is 1.58 bits per heavy atom. The molecule has 13 heteroatoms. The van der Waals surface area contributed by atoms with E-state index in [2.05, 4.69) is 11.7 Å². The van der Waals surface area contributed by atoms with Crippen molar-refractivity contribution in [1.29, 1.82) is 0 Å². The van der Waals surface area contributed by atoms with Crippen molar-refractivity contribution < 1.29 is 49.7 Å². The van der Waals surface area contributed by atoms with Crippen molar-refractivity contribution in [2.24, 2.45) is 0 Å². The van der Waals surface area contributed by atoms with Crippen LogP contribution >= 0.6 is 0 Å². The highest BCUT2D eigenvalue weighted by Gasteiger charge is 2.22. The molecule has 1 atom stereocenters. The van der Waals surface area contributed by atoms with Gasteiger partial charge in [-0.15, -0.1) is 0 Å². The van der Waals surface area contributed by atoms with E-state index in [4.69, 9.17) is 18.6 Å². The molecule has 0 heterocycles. The van der Waals surface area contributed by atoms with E-state index >= 15 is 0 Å². The van der Waals surface area contributed by atoms with Crippen molar-refractivity contribution in [1.82, 2.24) is 0 Å². The molecule has 2 N–H and O–H groups in total. The van der Waals surface area contributed by atoms with Crippen molar-refractivity contribution in [3.05, 3.63) is 0 Å². The Balaban J connectivity index is 4.15. The molecule has 33 heavy (non-hydrogen) atoms. The molecule has 0 rings (SSSR count). The maximum absolute atomic E-state index is 11.6. The smallest absolute Gasteiger partial charge is 0.326 e. The molecule has 1 unspecified atom stereocenters. The highest BCUT2D eigenvalue weighted by atomic mass is 32.2. The summed E-state index contributed by atoms with van der Waals surface area (Å²) in [6.45, 7) is 1.62. The van der Waals surface area contributed by atoms with Gasteiger partial charge in [0, 0.05) is 0 Å². The number of carbonyl (C=O) groups is 2. The Labute approximate surface area is 197 Å². The van der Waals surface area contributed by atoms with Gasteiger partial charge >= 0.3 is 11.9 Å². The molecule has 0 aliphatic rings. The average molecular weight is 519 g/mol. The number of ether oxygens (including phenoxy) is 3. The number of hydrogen-bond acceptors (Lipinski definition) is 9. The predicted molar refractivity (Wildman–Crippen MR) is 121 cm³/mol. The Morgan fingerprint density at radius 1 is 0.697 bits per heavy atom. The lowest BCUT2D eigenvalue weighted by Gasteiger charge is -2.18. The Bertz CT molecular complexity index is 748. The molecule has 0 aliphatic carbocycles. The van der Waals surface area contributed by atoms with E-state index in [1.165, 1.54) is 44.9 Å². The van der Waals surface area contributed by atoms with Crippen LogP contribution in [0.1, 0.15) is 84.0 Å². The van der Waals surface area contributed by atoms with E-state index < -0.39 is 56.6 Å². The van der Waals surface area contributed by atoms with Crippen LogP contribution in [0.2, 0.25) is 0 Å². The van der Waals surface area contributed by atoms with Gasteiger partial charge in [0.25, 0.3) is 20.2 Å². The molecule has 0 fully saturated rings. The van der Waals surface area contributed by atoms with Gasteiger partial charge in [-0.1, -0.05) is 77.6 Å². The third-order valence-electron chi connectivity index (χ3n) is 4.55. The van der Waals surface area contributed by atoms with Gasteiger partial charge in [-0.2, -0.15) is 16.8 Å². The summed E-state index contributed by atoms with van der Waals surface area (Å²) < 4.78 is 74.8. The third kappa shape index (κ3) is 23.7. The first-order valence-electron chi connectivity index (χ1n) is 11.3. The molecule has 11 nitrogen and oxygen atoms in total. The first-order valence-corrected chi connectivity index (χ1v) is 14.5. The summed E-state index contributed by atoms with van der Waals surface area (Å²) in [5.74, 6) is -5.24. The maximum atomic E-state index is 11.6. The number of carbonyl (C=O) groups excluding carboxylic acids is 2. The molecule has 0 radical (unpaired) electrons. The van der Waals surface area contributed by atoms with E-state index in [0.717, 1.165) is 25.7 Å². The molecule has 0 saturated carbocycles. The monoisotopic (exact) mass is 518 g/mol. The largest absolute Gasteiger partial charge is 0.458 e. The molecule has 0 spiro atoms. The van der Waals surface area contributed by atoms with Crippen LogP contribution in [-0.2, 0) is 44.0 Å². The number of unbranched alkanes of at least 4 members (excludes halogenated alkanes) is 11. The minimum atomic E-state index is -4.62. The molecule has 196 valence electrons. The summed E-state index contributed by atoms with van der Waals surface area (Å²) in [5.41, 5.74) is 0. The molecule has 0 aromatic rings. The number of esters is 2. The molecule has 0 aliphatic heterocycles. The van der Waals surface area contributed by atoms with E-state index in [-0.39, 0.29) is 6.61 Å². The van der Waals surface area contributed by atoms with E-state index in [0.29, 0.717) is 6.42 Å². The van der Waals surface area contributed by atoms with Crippen LogP contribution in [0.25, 0.3) is 0 Å². The van der Waals surface area contributed by atoms with Crippen LogP contribution in [-0.4, -0.2) is 68.9 Å². The first-order chi connectivity index (χ1) is 15.4. The summed E-state index contributed by atoms with van der Waals surface area (Å²) in [7, 11) is -9.22. The van der Waals surface area contributed by atoms with Gasteiger partial charge in [0.05, 0.1) is 6.61 Å². The summed E-state index contributed by atoms with van der Waals surface area (Å²) in [6, 6.07) is 0. The lowest BCUT2D eigenvalue weighted by Crippen LogP contribution is -2.32. The molecule has 0 bridgehead atoms. The van der Waals surface area contributed by atoms with Crippen LogP contribution in [0, 0.1) is 0 Å². The summed E-state index contributed by atoms with van der Waals surface area (Å²) in [4.78, 5) is 22.9. The highest BCUT2D eigenvalue weighted by Crippen LogP contribution is 2.12. The van der Waals surface area contributed by atoms with E-state index in [9.17, 15) is 26.4 Å². The summed E-state index contributed by atoms with van der Waals surface area (Å²) >= 11 is 0. The summed E-state index contributed by atoms with van der Waals surface area (Å²) in [6.07, 6.45) is 12.1. The summed E-state index contributed by atoms with van der Waals surface area (Å²) in [5, 5.41) is 0. The van der Waals surface area contributed by atoms with Crippen LogP contribution in [0.15, 0.2) is 0 Å².